The van der Waals surface area contributed by atoms with E-state index in [0.717, 1.165) is 18.8 Å². The Balaban J connectivity index is 1.84. The summed E-state index contributed by atoms with van der Waals surface area (Å²) in [6.07, 6.45) is 4.75. The van der Waals surface area contributed by atoms with Gasteiger partial charge in [0.2, 0.25) is 0 Å². The molecule has 0 N–H and O–H groups in total. The Morgan fingerprint density at radius 2 is 1.94 bits per heavy atom. The number of hydrogen-bond acceptors (Lipinski definition) is 3. The minimum absolute atomic E-state index is 0.291. The zero-order chi connectivity index (χ0) is 12.5. The van der Waals surface area contributed by atoms with Crippen molar-refractivity contribution < 1.29 is 4.74 Å². The molecule has 94 valence electrons. The van der Waals surface area contributed by atoms with Gasteiger partial charge >= 0.3 is 0 Å². The number of hydrogen-bond donors (Lipinski definition) is 0. The highest BCUT2D eigenvalue weighted by Gasteiger charge is 2.21. The van der Waals surface area contributed by atoms with E-state index in [4.69, 9.17) is 4.74 Å². The lowest BCUT2D eigenvalue weighted by molar-refractivity contribution is -0.0539. The molecule has 2 aliphatic rings. The van der Waals surface area contributed by atoms with Crippen LogP contribution in [0, 0.1) is 0 Å². The third kappa shape index (κ3) is 2.18. The summed E-state index contributed by atoms with van der Waals surface area (Å²) in [5.41, 5.74) is 3.49. The van der Waals surface area contributed by atoms with Gasteiger partial charge in [0.25, 0.3) is 0 Å². The molecule has 2 unspecified atom stereocenters. The molecular weight excluding hydrogens is 224 g/mol. The highest BCUT2D eigenvalue weighted by atomic mass is 16.5. The molecule has 0 aromatic heterocycles. The number of nitrogens with zero attached hydrogens (tertiary/aromatic N) is 2. The largest absolute Gasteiger partial charge is 0.372 e. The van der Waals surface area contributed by atoms with E-state index in [-0.39, 0.29) is 0 Å². The van der Waals surface area contributed by atoms with Crippen molar-refractivity contribution >= 4 is 17.5 Å². The van der Waals surface area contributed by atoms with Crippen molar-refractivity contribution in [3.63, 3.8) is 0 Å². The molecule has 1 aromatic rings. The van der Waals surface area contributed by atoms with E-state index in [1.54, 1.807) is 0 Å². The Morgan fingerprint density at radius 1 is 1.22 bits per heavy atom. The monoisotopic (exact) mass is 242 g/mol. The van der Waals surface area contributed by atoms with Crippen LogP contribution in [0.2, 0.25) is 0 Å². The van der Waals surface area contributed by atoms with E-state index in [0.29, 0.717) is 12.2 Å². The highest BCUT2D eigenvalue weighted by Crippen LogP contribution is 2.31. The third-order valence-corrected chi connectivity index (χ3v) is 3.33. The molecule has 2 aliphatic heterocycles. The fraction of sp³-hybridized carbons (Fsp3) is 0.400. The first-order valence-electron chi connectivity index (χ1n) is 6.47. The Kier molecular flexibility index (Phi) is 2.92. The van der Waals surface area contributed by atoms with Gasteiger partial charge in [-0.2, -0.15) is 0 Å². The second-order valence-electron chi connectivity index (χ2n) is 5.07. The maximum Gasteiger partial charge on any atom is 0.0726 e. The fourth-order valence-electron chi connectivity index (χ4n) is 2.66. The van der Waals surface area contributed by atoms with E-state index in [9.17, 15) is 0 Å². The van der Waals surface area contributed by atoms with Crippen LogP contribution in [-0.4, -0.2) is 36.4 Å². The lowest BCUT2D eigenvalue weighted by Crippen LogP contribution is -2.42. The van der Waals surface area contributed by atoms with Gasteiger partial charge in [0.05, 0.1) is 17.9 Å². The van der Waals surface area contributed by atoms with Gasteiger partial charge in [0.15, 0.2) is 0 Å². The first-order valence-corrected chi connectivity index (χ1v) is 6.47. The lowest BCUT2D eigenvalue weighted by Gasteiger charge is -2.34. The predicted octanol–water partition coefficient (Wildman–Crippen LogP) is 2.85. The number of morpholine rings is 1. The summed E-state index contributed by atoms with van der Waals surface area (Å²) in [7, 11) is 0. The number of para-hydroxylation sites is 1. The van der Waals surface area contributed by atoms with Crippen LogP contribution >= 0.6 is 0 Å². The van der Waals surface area contributed by atoms with Crippen LogP contribution in [0.25, 0.3) is 5.57 Å². The van der Waals surface area contributed by atoms with Gasteiger partial charge < -0.3 is 9.64 Å². The van der Waals surface area contributed by atoms with Crippen molar-refractivity contribution in [1.82, 2.24) is 4.90 Å². The summed E-state index contributed by atoms with van der Waals surface area (Å²) >= 11 is 0. The van der Waals surface area contributed by atoms with Gasteiger partial charge in [-0.15, -0.1) is 0 Å². The van der Waals surface area contributed by atoms with E-state index in [1.807, 2.05) is 12.3 Å². The smallest absolute Gasteiger partial charge is 0.0726 e. The molecule has 3 rings (SSSR count). The minimum Gasteiger partial charge on any atom is -0.372 e. The second kappa shape index (κ2) is 4.58. The normalized spacial score (nSPS) is 28.8. The first-order chi connectivity index (χ1) is 8.72. The highest BCUT2D eigenvalue weighted by molar-refractivity contribution is 6.16. The van der Waals surface area contributed by atoms with Crippen LogP contribution in [0.15, 0.2) is 35.5 Å². The van der Waals surface area contributed by atoms with Crippen molar-refractivity contribution in [3.8, 4) is 0 Å². The molecule has 18 heavy (non-hydrogen) atoms. The summed E-state index contributed by atoms with van der Waals surface area (Å²) in [5, 5.41) is 0. The Morgan fingerprint density at radius 3 is 2.72 bits per heavy atom. The van der Waals surface area contributed by atoms with Crippen LogP contribution in [0.3, 0.4) is 0 Å². The molecule has 0 spiro atoms. The molecule has 2 heterocycles. The summed E-state index contributed by atoms with van der Waals surface area (Å²) < 4.78 is 5.75. The summed E-state index contributed by atoms with van der Waals surface area (Å²) in [4.78, 5) is 6.77. The predicted molar refractivity (Wildman–Crippen MR) is 74.2 cm³/mol. The average molecular weight is 242 g/mol. The second-order valence-corrected chi connectivity index (χ2v) is 5.07. The molecule has 2 atom stereocenters. The van der Waals surface area contributed by atoms with Gasteiger partial charge in [-0.1, -0.05) is 18.2 Å². The zero-order valence-corrected chi connectivity index (χ0v) is 10.8. The molecule has 0 radical (unpaired) electrons. The number of aliphatic imine (C=N–C) groups is 1. The lowest BCUT2D eigenvalue weighted by atomic mass is 10.1. The van der Waals surface area contributed by atoms with E-state index in [2.05, 4.69) is 48.1 Å². The fourth-order valence-corrected chi connectivity index (χ4v) is 2.66. The van der Waals surface area contributed by atoms with Gasteiger partial charge in [-0.25, -0.2) is 0 Å². The topological polar surface area (TPSA) is 24.8 Å². The van der Waals surface area contributed by atoms with Gasteiger partial charge in [0, 0.05) is 36.6 Å². The van der Waals surface area contributed by atoms with Crippen LogP contribution in [0.4, 0.5) is 5.69 Å². The summed E-state index contributed by atoms with van der Waals surface area (Å²) in [6, 6.07) is 8.27. The summed E-state index contributed by atoms with van der Waals surface area (Å²) in [5.74, 6) is 0. The molecular formula is C15H18N2O. The van der Waals surface area contributed by atoms with E-state index >= 15 is 0 Å². The van der Waals surface area contributed by atoms with Crippen molar-refractivity contribution in [3.05, 3.63) is 36.0 Å². The van der Waals surface area contributed by atoms with Crippen molar-refractivity contribution in [2.75, 3.05) is 13.1 Å². The molecule has 3 heteroatoms. The average Bonchev–Trinajstić information content (AvgIpc) is 2.72. The van der Waals surface area contributed by atoms with Crippen molar-refractivity contribution in [2.24, 2.45) is 4.99 Å². The van der Waals surface area contributed by atoms with Gasteiger partial charge in [0.1, 0.15) is 0 Å². The Bertz CT molecular complexity index is 497. The molecule has 3 nitrogen and oxygen atoms in total. The minimum atomic E-state index is 0.291. The van der Waals surface area contributed by atoms with E-state index < -0.39 is 0 Å². The number of rotatable bonds is 1. The van der Waals surface area contributed by atoms with Crippen molar-refractivity contribution in [1.29, 1.82) is 0 Å². The molecule has 0 bridgehead atoms. The molecule has 1 aromatic carbocycles. The van der Waals surface area contributed by atoms with Crippen LogP contribution in [0.1, 0.15) is 19.4 Å². The summed E-state index contributed by atoms with van der Waals surface area (Å²) in [6.45, 7) is 6.14. The molecule has 0 aliphatic carbocycles. The number of ether oxygens (including phenoxy) is 1. The van der Waals surface area contributed by atoms with Crippen molar-refractivity contribution in [2.45, 2.75) is 26.1 Å². The molecule has 1 fully saturated rings. The van der Waals surface area contributed by atoms with Crippen LogP contribution in [-0.2, 0) is 4.74 Å². The van der Waals surface area contributed by atoms with E-state index in [1.165, 1.54) is 11.1 Å². The zero-order valence-electron chi connectivity index (χ0n) is 10.8. The van der Waals surface area contributed by atoms with Crippen LogP contribution in [0.5, 0.6) is 0 Å². The maximum atomic E-state index is 5.75. The molecule has 0 saturated carbocycles. The number of benzene rings is 1. The van der Waals surface area contributed by atoms with Crippen LogP contribution < -0.4 is 0 Å². The van der Waals surface area contributed by atoms with Gasteiger partial charge in [-0.05, 0) is 19.9 Å². The first kappa shape index (κ1) is 11.5. The molecule has 1 saturated heterocycles. The van der Waals surface area contributed by atoms with Gasteiger partial charge in [-0.3, -0.25) is 4.99 Å². The number of fused-ring (bicyclic) bond motifs is 1. The quantitative estimate of drug-likeness (QED) is 0.756. The molecule has 0 amide bonds. The Hall–Kier alpha value is -1.61. The number of allylic oxidation sites excluding steroid dienone is 1. The Labute approximate surface area is 108 Å². The third-order valence-electron chi connectivity index (χ3n) is 3.33. The maximum absolute atomic E-state index is 5.75. The standard InChI is InChI=1S/C15H18N2O/c1-11-8-17(9-12(2)18-11)10-13-7-16-15-6-4-3-5-14(13)15/h3-7,10-12H,8-9H2,1-2H3/b13-10+. The SMILES string of the molecule is CC1CN(/C=C2\C=Nc3ccccc32)CC(C)O1.